The van der Waals surface area contributed by atoms with E-state index in [4.69, 9.17) is 23.2 Å². The number of piperazine rings is 1. The van der Waals surface area contributed by atoms with Crippen LogP contribution in [0, 0.1) is 12.8 Å². The molecule has 0 N–H and O–H groups in total. The van der Waals surface area contributed by atoms with E-state index >= 15 is 0 Å². The molecule has 0 unspecified atom stereocenters. The van der Waals surface area contributed by atoms with Crippen molar-refractivity contribution in [3.05, 3.63) is 94.0 Å². The van der Waals surface area contributed by atoms with Crippen LogP contribution < -0.4 is 4.90 Å². The maximum atomic E-state index is 14.1. The molecule has 0 spiro atoms. The predicted octanol–water partition coefficient (Wildman–Crippen LogP) is 5.45. The Hall–Kier alpha value is -2.58. The molecule has 3 aromatic rings. The number of rotatable bonds is 5. The normalized spacial score (nSPS) is 20.9. The summed E-state index contributed by atoms with van der Waals surface area (Å²) in [5.41, 5.74) is 3.27. The Kier molecular flexibility index (Phi) is 8.00. The third-order valence-corrected chi connectivity index (χ3v) is 10.0. The Morgan fingerprint density at radius 2 is 1.53 bits per heavy atom. The van der Waals surface area contributed by atoms with Gasteiger partial charge in [-0.05, 0) is 66.8 Å². The highest BCUT2D eigenvalue weighted by Gasteiger charge is 2.42. The van der Waals surface area contributed by atoms with E-state index in [2.05, 4.69) is 24.0 Å². The van der Waals surface area contributed by atoms with Gasteiger partial charge in [-0.3, -0.25) is 4.79 Å². The summed E-state index contributed by atoms with van der Waals surface area (Å²) >= 11 is 12.3. The number of nitrogens with zero attached hydrogens (tertiary/aromatic N) is 3. The third-order valence-electron chi connectivity index (χ3n) is 7.68. The standard InChI is InChI=1S/C29H31Cl2N3O3S/c1-21-6-2-3-11-26(21)27-12-13-34(38(36,37)25-10-5-8-23(31)19-25)20-28(27)29(35)33-16-14-32(15-17-33)24-9-4-7-22(30)18-24/h2-11,18-19,27-28H,12-17,20H2,1H3/t27-,28-/m1/s1. The number of hydrogen-bond acceptors (Lipinski definition) is 4. The summed E-state index contributed by atoms with van der Waals surface area (Å²) in [4.78, 5) is 18.3. The lowest BCUT2D eigenvalue weighted by Crippen LogP contribution is -2.54. The number of halogens is 2. The van der Waals surface area contributed by atoms with Crippen molar-refractivity contribution in [1.82, 2.24) is 9.21 Å². The van der Waals surface area contributed by atoms with Gasteiger partial charge in [0.15, 0.2) is 0 Å². The molecule has 2 heterocycles. The van der Waals surface area contributed by atoms with Crippen LogP contribution in [0.25, 0.3) is 0 Å². The molecule has 1 amide bonds. The molecule has 38 heavy (non-hydrogen) atoms. The molecule has 5 rings (SSSR count). The lowest BCUT2D eigenvalue weighted by Gasteiger charge is -2.42. The van der Waals surface area contributed by atoms with Gasteiger partial charge in [0.25, 0.3) is 0 Å². The van der Waals surface area contributed by atoms with E-state index < -0.39 is 15.9 Å². The Balaban J connectivity index is 1.39. The van der Waals surface area contributed by atoms with Crippen LogP contribution in [0.2, 0.25) is 10.0 Å². The number of aryl methyl sites for hydroxylation is 1. The number of carbonyl (C=O) groups excluding carboxylic acids is 1. The highest BCUT2D eigenvalue weighted by atomic mass is 35.5. The number of carbonyl (C=O) groups is 1. The van der Waals surface area contributed by atoms with Crippen LogP contribution in [0.15, 0.2) is 77.7 Å². The molecule has 9 heteroatoms. The highest BCUT2D eigenvalue weighted by molar-refractivity contribution is 7.89. The van der Waals surface area contributed by atoms with Crippen molar-refractivity contribution in [2.75, 3.05) is 44.2 Å². The molecule has 3 aromatic carbocycles. The zero-order valence-electron chi connectivity index (χ0n) is 21.3. The largest absolute Gasteiger partial charge is 0.368 e. The first kappa shape index (κ1) is 27.0. The van der Waals surface area contributed by atoms with E-state index in [0.717, 1.165) is 16.8 Å². The highest BCUT2D eigenvalue weighted by Crippen LogP contribution is 2.38. The van der Waals surface area contributed by atoms with Crippen molar-refractivity contribution in [3.63, 3.8) is 0 Å². The Morgan fingerprint density at radius 3 is 2.21 bits per heavy atom. The second-order valence-corrected chi connectivity index (χ2v) is 12.8. The third kappa shape index (κ3) is 5.57. The van der Waals surface area contributed by atoms with Crippen LogP contribution in [0.3, 0.4) is 0 Å². The maximum absolute atomic E-state index is 14.1. The molecule has 2 atom stereocenters. The Morgan fingerprint density at radius 1 is 0.842 bits per heavy atom. The first-order valence-electron chi connectivity index (χ1n) is 12.8. The van der Waals surface area contributed by atoms with Crippen LogP contribution in [0.1, 0.15) is 23.5 Å². The first-order valence-corrected chi connectivity index (χ1v) is 15.0. The van der Waals surface area contributed by atoms with Gasteiger partial charge in [-0.1, -0.05) is 59.6 Å². The molecule has 200 valence electrons. The number of amides is 1. The van der Waals surface area contributed by atoms with Crippen molar-refractivity contribution in [2.45, 2.75) is 24.2 Å². The van der Waals surface area contributed by atoms with E-state index in [1.807, 2.05) is 41.3 Å². The molecule has 2 saturated heterocycles. The van der Waals surface area contributed by atoms with Gasteiger partial charge in [0.2, 0.25) is 15.9 Å². The van der Waals surface area contributed by atoms with Crippen LogP contribution in [0.5, 0.6) is 0 Å². The molecule has 0 saturated carbocycles. The summed E-state index contributed by atoms with van der Waals surface area (Å²) in [6, 6.07) is 22.2. The van der Waals surface area contributed by atoms with Crippen LogP contribution in [-0.2, 0) is 14.8 Å². The topological polar surface area (TPSA) is 60.9 Å². The van der Waals surface area contributed by atoms with E-state index in [0.29, 0.717) is 49.2 Å². The Labute approximate surface area is 234 Å². The van der Waals surface area contributed by atoms with Crippen molar-refractivity contribution < 1.29 is 13.2 Å². The van der Waals surface area contributed by atoms with Gasteiger partial charge in [-0.2, -0.15) is 4.31 Å². The molecule has 0 aliphatic carbocycles. The minimum Gasteiger partial charge on any atom is -0.368 e. The van der Waals surface area contributed by atoms with Gasteiger partial charge in [0, 0.05) is 55.0 Å². The average Bonchev–Trinajstić information content (AvgIpc) is 2.93. The van der Waals surface area contributed by atoms with Gasteiger partial charge in [-0.15, -0.1) is 0 Å². The monoisotopic (exact) mass is 571 g/mol. The van der Waals surface area contributed by atoms with Crippen molar-refractivity contribution in [2.24, 2.45) is 5.92 Å². The molecule has 2 aliphatic heterocycles. The predicted molar refractivity (Wildman–Crippen MR) is 152 cm³/mol. The maximum Gasteiger partial charge on any atom is 0.243 e. The number of sulfonamides is 1. The van der Waals surface area contributed by atoms with Crippen LogP contribution in [0.4, 0.5) is 5.69 Å². The molecule has 2 aliphatic rings. The summed E-state index contributed by atoms with van der Waals surface area (Å²) < 4.78 is 28.5. The quantitative estimate of drug-likeness (QED) is 0.409. The second kappa shape index (κ2) is 11.3. The smallest absolute Gasteiger partial charge is 0.243 e. The minimum absolute atomic E-state index is 0.00925. The van der Waals surface area contributed by atoms with Crippen LogP contribution in [-0.4, -0.2) is 62.8 Å². The number of hydrogen-bond donors (Lipinski definition) is 0. The SMILES string of the molecule is Cc1ccccc1[C@H]1CCN(S(=O)(=O)c2cccc(Cl)c2)C[C@H]1C(=O)N1CCN(c2cccc(Cl)c2)CC1. The molecule has 0 aromatic heterocycles. The minimum atomic E-state index is -3.79. The number of benzene rings is 3. The van der Waals surface area contributed by atoms with Gasteiger partial charge >= 0.3 is 0 Å². The molecule has 0 bridgehead atoms. The van der Waals surface area contributed by atoms with Crippen molar-refractivity contribution >= 4 is 44.8 Å². The number of piperidine rings is 1. The lowest BCUT2D eigenvalue weighted by molar-refractivity contribution is -0.137. The van der Waals surface area contributed by atoms with Gasteiger partial charge < -0.3 is 9.80 Å². The molecular weight excluding hydrogens is 541 g/mol. The fourth-order valence-corrected chi connectivity index (χ4v) is 7.60. The molecular formula is C29H31Cl2N3O3S. The average molecular weight is 573 g/mol. The van der Waals surface area contributed by atoms with E-state index in [-0.39, 0.29) is 23.3 Å². The lowest BCUT2D eigenvalue weighted by atomic mass is 9.78. The fraction of sp³-hybridized carbons (Fsp3) is 0.345. The summed E-state index contributed by atoms with van der Waals surface area (Å²) in [6.45, 7) is 5.07. The zero-order chi connectivity index (χ0) is 26.9. The van der Waals surface area contributed by atoms with Gasteiger partial charge in [-0.25, -0.2) is 8.42 Å². The molecule has 6 nitrogen and oxygen atoms in total. The van der Waals surface area contributed by atoms with Crippen molar-refractivity contribution in [3.8, 4) is 0 Å². The fourth-order valence-electron chi connectivity index (χ4n) is 5.63. The first-order chi connectivity index (χ1) is 18.2. The van der Waals surface area contributed by atoms with E-state index in [9.17, 15) is 13.2 Å². The summed E-state index contributed by atoms with van der Waals surface area (Å²) in [6.07, 6.45) is 0.573. The summed E-state index contributed by atoms with van der Waals surface area (Å²) in [5, 5.41) is 1.05. The summed E-state index contributed by atoms with van der Waals surface area (Å²) in [5.74, 6) is -0.521. The van der Waals surface area contributed by atoms with Crippen LogP contribution >= 0.6 is 23.2 Å². The van der Waals surface area contributed by atoms with Gasteiger partial charge in [0.05, 0.1) is 10.8 Å². The summed E-state index contributed by atoms with van der Waals surface area (Å²) in [7, 11) is -3.79. The Bertz CT molecular complexity index is 1420. The van der Waals surface area contributed by atoms with E-state index in [1.165, 1.54) is 10.4 Å². The molecule has 0 radical (unpaired) electrons. The number of anilines is 1. The zero-order valence-corrected chi connectivity index (χ0v) is 23.6. The van der Waals surface area contributed by atoms with Gasteiger partial charge in [0.1, 0.15) is 0 Å². The van der Waals surface area contributed by atoms with Crippen molar-refractivity contribution in [1.29, 1.82) is 0 Å². The van der Waals surface area contributed by atoms with E-state index in [1.54, 1.807) is 18.2 Å². The molecule has 2 fully saturated rings. The second-order valence-electron chi connectivity index (χ2n) is 9.97.